The number of rotatable bonds is 2. The second-order valence-electron chi connectivity index (χ2n) is 5.44. The molecule has 0 heterocycles. The molecule has 0 aromatic heterocycles. The highest BCUT2D eigenvalue weighted by Crippen LogP contribution is 2.29. The normalized spacial score (nSPS) is 11.4. The van der Waals surface area contributed by atoms with Crippen LogP contribution in [0.2, 0.25) is 0 Å². The first-order valence-corrected chi connectivity index (χ1v) is 5.78. The summed E-state index contributed by atoms with van der Waals surface area (Å²) in [6.07, 6.45) is 0. The molecule has 0 unspecified atom stereocenters. The lowest BCUT2D eigenvalue weighted by atomic mass is 9.85. The Kier molecular flexibility index (Phi) is 3.94. The molecular formula is C14H21NO2. The summed E-state index contributed by atoms with van der Waals surface area (Å²) in [7, 11) is 0. The lowest BCUT2D eigenvalue weighted by Gasteiger charge is -2.22. The van der Waals surface area contributed by atoms with Crippen LogP contribution in [0.1, 0.15) is 37.5 Å². The van der Waals surface area contributed by atoms with E-state index < -0.39 is 6.61 Å². The van der Waals surface area contributed by atoms with Gasteiger partial charge in [0.1, 0.15) is 6.61 Å². The van der Waals surface area contributed by atoms with Crippen LogP contribution in [-0.2, 0) is 10.2 Å². The van der Waals surface area contributed by atoms with Crippen molar-refractivity contribution in [2.45, 2.75) is 40.0 Å². The van der Waals surface area contributed by atoms with E-state index in [-0.39, 0.29) is 11.3 Å². The monoisotopic (exact) mass is 235 g/mol. The Morgan fingerprint density at radius 2 is 1.71 bits per heavy atom. The summed E-state index contributed by atoms with van der Waals surface area (Å²) < 4.78 is 0. The first kappa shape index (κ1) is 13.7. The third-order valence-electron chi connectivity index (χ3n) is 2.81. The number of carbonyl (C=O) groups is 1. The zero-order valence-electron chi connectivity index (χ0n) is 11.2. The number of anilines is 1. The molecule has 0 aliphatic rings. The van der Waals surface area contributed by atoms with Crippen LogP contribution >= 0.6 is 0 Å². The highest BCUT2D eigenvalue weighted by molar-refractivity contribution is 5.93. The Balaban J connectivity index is 3.15. The van der Waals surface area contributed by atoms with Gasteiger partial charge >= 0.3 is 0 Å². The summed E-state index contributed by atoms with van der Waals surface area (Å²) >= 11 is 0. The number of aliphatic hydroxyl groups excluding tert-OH is 1. The summed E-state index contributed by atoms with van der Waals surface area (Å²) in [5.41, 5.74) is 4.19. The van der Waals surface area contributed by atoms with Gasteiger partial charge in [0, 0.05) is 5.69 Å². The smallest absolute Gasteiger partial charge is 0.250 e. The van der Waals surface area contributed by atoms with Crippen LogP contribution in [0.4, 0.5) is 5.69 Å². The van der Waals surface area contributed by atoms with Crippen LogP contribution in [0.3, 0.4) is 0 Å². The van der Waals surface area contributed by atoms with E-state index in [4.69, 9.17) is 5.11 Å². The molecule has 0 saturated heterocycles. The first-order chi connectivity index (χ1) is 7.75. The highest BCUT2D eigenvalue weighted by atomic mass is 16.3. The number of aliphatic hydroxyl groups is 1. The van der Waals surface area contributed by atoms with Crippen molar-refractivity contribution in [2.24, 2.45) is 0 Å². The Hall–Kier alpha value is -1.35. The second kappa shape index (κ2) is 4.88. The average Bonchev–Trinajstić information content (AvgIpc) is 2.21. The minimum Gasteiger partial charge on any atom is -0.387 e. The Bertz CT molecular complexity index is 407. The standard InChI is InChI=1S/C14H21NO2/c1-9-6-11(14(3,4)5)7-10(2)13(9)15-12(17)8-16/h6-7,16H,8H2,1-5H3,(H,15,17). The van der Waals surface area contributed by atoms with E-state index >= 15 is 0 Å². The maximum Gasteiger partial charge on any atom is 0.250 e. The topological polar surface area (TPSA) is 49.3 Å². The molecule has 1 amide bonds. The van der Waals surface area contributed by atoms with Gasteiger partial charge in [-0.1, -0.05) is 32.9 Å². The molecule has 0 fully saturated rings. The van der Waals surface area contributed by atoms with Crippen LogP contribution in [0.15, 0.2) is 12.1 Å². The minimum atomic E-state index is -0.486. The number of aryl methyl sites for hydroxylation is 2. The molecule has 2 N–H and O–H groups in total. The molecule has 1 rings (SSSR count). The summed E-state index contributed by atoms with van der Waals surface area (Å²) in [6.45, 7) is 9.93. The third kappa shape index (κ3) is 3.30. The molecule has 94 valence electrons. The van der Waals surface area contributed by atoms with Crippen molar-refractivity contribution in [2.75, 3.05) is 11.9 Å². The van der Waals surface area contributed by atoms with Gasteiger partial charge in [-0.3, -0.25) is 4.79 Å². The van der Waals surface area contributed by atoms with Crippen molar-refractivity contribution in [1.29, 1.82) is 0 Å². The third-order valence-corrected chi connectivity index (χ3v) is 2.81. The minimum absolute atomic E-state index is 0.0923. The van der Waals surface area contributed by atoms with Crippen molar-refractivity contribution in [3.63, 3.8) is 0 Å². The van der Waals surface area contributed by atoms with E-state index in [0.29, 0.717) is 0 Å². The number of benzene rings is 1. The first-order valence-electron chi connectivity index (χ1n) is 5.78. The Labute approximate surface area is 103 Å². The van der Waals surface area contributed by atoms with E-state index in [1.54, 1.807) is 0 Å². The average molecular weight is 235 g/mol. The summed E-state index contributed by atoms with van der Waals surface area (Å²) in [5, 5.41) is 11.5. The van der Waals surface area contributed by atoms with Gasteiger partial charge in [0.15, 0.2) is 0 Å². The van der Waals surface area contributed by atoms with E-state index in [0.717, 1.165) is 16.8 Å². The molecule has 0 radical (unpaired) electrons. The SMILES string of the molecule is Cc1cc(C(C)(C)C)cc(C)c1NC(=O)CO. The molecule has 0 bridgehead atoms. The highest BCUT2D eigenvalue weighted by Gasteiger charge is 2.16. The lowest BCUT2D eigenvalue weighted by Crippen LogP contribution is -2.18. The fourth-order valence-corrected chi connectivity index (χ4v) is 1.77. The van der Waals surface area contributed by atoms with Crippen LogP contribution in [0.5, 0.6) is 0 Å². The van der Waals surface area contributed by atoms with E-state index in [1.807, 2.05) is 13.8 Å². The van der Waals surface area contributed by atoms with Gasteiger partial charge in [-0.05, 0) is 36.0 Å². The number of carbonyl (C=O) groups excluding carboxylic acids is 1. The molecule has 3 heteroatoms. The van der Waals surface area contributed by atoms with Crippen molar-refractivity contribution >= 4 is 11.6 Å². The van der Waals surface area contributed by atoms with Crippen LogP contribution < -0.4 is 5.32 Å². The molecule has 0 atom stereocenters. The molecular weight excluding hydrogens is 214 g/mol. The largest absolute Gasteiger partial charge is 0.387 e. The van der Waals surface area contributed by atoms with Crippen LogP contribution in [-0.4, -0.2) is 17.6 Å². The summed E-state index contributed by atoms with van der Waals surface area (Å²) in [5.74, 6) is -0.375. The zero-order chi connectivity index (χ0) is 13.2. The molecule has 0 aliphatic carbocycles. The molecule has 0 saturated carbocycles. The van der Waals surface area contributed by atoms with Gasteiger partial charge in [-0.2, -0.15) is 0 Å². The lowest BCUT2D eigenvalue weighted by molar-refractivity contribution is -0.118. The number of nitrogens with one attached hydrogen (secondary N) is 1. The fourth-order valence-electron chi connectivity index (χ4n) is 1.77. The van der Waals surface area contributed by atoms with E-state index in [1.165, 1.54) is 5.56 Å². The zero-order valence-corrected chi connectivity index (χ0v) is 11.2. The van der Waals surface area contributed by atoms with Gasteiger partial charge in [0.25, 0.3) is 0 Å². The fraction of sp³-hybridized carbons (Fsp3) is 0.500. The molecule has 1 aromatic rings. The predicted octanol–water partition coefficient (Wildman–Crippen LogP) is 2.53. The van der Waals surface area contributed by atoms with Crippen LogP contribution in [0.25, 0.3) is 0 Å². The van der Waals surface area contributed by atoms with E-state index in [2.05, 4.69) is 38.2 Å². The summed E-state index contributed by atoms with van der Waals surface area (Å²) in [4.78, 5) is 11.2. The number of amides is 1. The van der Waals surface area contributed by atoms with Crippen LogP contribution in [0, 0.1) is 13.8 Å². The Morgan fingerprint density at radius 1 is 1.24 bits per heavy atom. The Morgan fingerprint density at radius 3 is 2.06 bits per heavy atom. The van der Waals surface area contributed by atoms with Crippen molar-refractivity contribution < 1.29 is 9.90 Å². The van der Waals surface area contributed by atoms with Gasteiger partial charge < -0.3 is 10.4 Å². The van der Waals surface area contributed by atoms with Gasteiger partial charge in [-0.25, -0.2) is 0 Å². The summed E-state index contributed by atoms with van der Waals surface area (Å²) in [6, 6.07) is 4.17. The van der Waals surface area contributed by atoms with Gasteiger partial charge in [-0.15, -0.1) is 0 Å². The number of hydrogen-bond acceptors (Lipinski definition) is 2. The van der Waals surface area contributed by atoms with Crippen molar-refractivity contribution in [3.05, 3.63) is 28.8 Å². The van der Waals surface area contributed by atoms with Gasteiger partial charge in [0.2, 0.25) is 5.91 Å². The van der Waals surface area contributed by atoms with Crippen molar-refractivity contribution in [1.82, 2.24) is 0 Å². The second-order valence-corrected chi connectivity index (χ2v) is 5.44. The van der Waals surface area contributed by atoms with E-state index in [9.17, 15) is 4.79 Å². The molecule has 17 heavy (non-hydrogen) atoms. The van der Waals surface area contributed by atoms with Crippen molar-refractivity contribution in [3.8, 4) is 0 Å². The maximum atomic E-state index is 11.2. The van der Waals surface area contributed by atoms with Gasteiger partial charge in [0.05, 0.1) is 0 Å². The number of hydrogen-bond donors (Lipinski definition) is 2. The molecule has 3 nitrogen and oxygen atoms in total. The predicted molar refractivity (Wildman–Crippen MR) is 70.3 cm³/mol. The molecule has 1 aromatic carbocycles. The molecule has 0 aliphatic heterocycles. The maximum absolute atomic E-state index is 11.2. The molecule has 0 spiro atoms. The quantitative estimate of drug-likeness (QED) is 0.827.